The molecule has 2 unspecified atom stereocenters. The first-order chi connectivity index (χ1) is 8.76. The molecule has 2 fully saturated rings. The predicted molar refractivity (Wildman–Crippen MR) is 74.0 cm³/mol. The van der Waals surface area contributed by atoms with Crippen LogP contribution in [0.3, 0.4) is 0 Å². The Labute approximate surface area is 109 Å². The fraction of sp³-hybridized carbons (Fsp3) is 0.714. The van der Waals surface area contributed by atoms with E-state index >= 15 is 0 Å². The van der Waals surface area contributed by atoms with E-state index in [0.717, 1.165) is 23.6 Å². The number of rotatable bonds is 2. The molecule has 2 heterocycles. The fourth-order valence-corrected chi connectivity index (χ4v) is 3.48. The number of hydrogen-bond acceptors (Lipinski definition) is 4. The summed E-state index contributed by atoms with van der Waals surface area (Å²) >= 11 is 0. The van der Waals surface area contributed by atoms with E-state index in [1.54, 1.807) is 0 Å². The third-order valence-electron chi connectivity index (χ3n) is 4.32. The van der Waals surface area contributed by atoms with Gasteiger partial charge in [-0.15, -0.1) is 0 Å². The molecule has 4 heteroatoms. The summed E-state index contributed by atoms with van der Waals surface area (Å²) in [4.78, 5) is 11.4. The normalized spacial score (nSPS) is 27.1. The van der Waals surface area contributed by atoms with Gasteiger partial charge in [0, 0.05) is 31.9 Å². The summed E-state index contributed by atoms with van der Waals surface area (Å²) in [6.07, 6.45) is 7.58. The molecule has 2 bridgehead atoms. The fourth-order valence-electron chi connectivity index (χ4n) is 3.48. The lowest BCUT2D eigenvalue weighted by Gasteiger charge is -2.42. The number of hydrogen-bond donors (Lipinski definition) is 1. The summed E-state index contributed by atoms with van der Waals surface area (Å²) in [6.45, 7) is 4.47. The molecule has 0 aromatic carbocycles. The SMILES string of the molecule is CNc1ncc(C)c(N2CC3CCCC(C3)C2)n1. The van der Waals surface area contributed by atoms with Crippen LogP contribution in [0.25, 0.3) is 0 Å². The molecule has 1 saturated carbocycles. The standard InChI is InChI=1S/C14H22N4/c1-10-7-16-14(15-2)17-13(10)18-8-11-4-3-5-12(6-11)9-18/h7,11-12H,3-6,8-9H2,1-2H3,(H,15,16,17). The predicted octanol–water partition coefficient (Wildman–Crippen LogP) is 2.45. The zero-order chi connectivity index (χ0) is 12.5. The monoisotopic (exact) mass is 246 g/mol. The maximum atomic E-state index is 4.65. The van der Waals surface area contributed by atoms with Crippen molar-refractivity contribution in [3.63, 3.8) is 0 Å². The molecule has 1 saturated heterocycles. The van der Waals surface area contributed by atoms with Crippen molar-refractivity contribution in [2.45, 2.75) is 32.6 Å². The van der Waals surface area contributed by atoms with E-state index in [9.17, 15) is 0 Å². The first-order valence-corrected chi connectivity index (χ1v) is 7.02. The lowest BCUT2D eigenvalue weighted by molar-refractivity contribution is 0.230. The Bertz CT molecular complexity index is 420. The van der Waals surface area contributed by atoms with Gasteiger partial charge in [0.05, 0.1) is 0 Å². The van der Waals surface area contributed by atoms with Crippen LogP contribution in [-0.2, 0) is 0 Å². The lowest BCUT2D eigenvalue weighted by Crippen LogP contribution is -2.43. The van der Waals surface area contributed by atoms with Crippen molar-refractivity contribution in [1.29, 1.82) is 0 Å². The minimum absolute atomic E-state index is 0.728. The van der Waals surface area contributed by atoms with E-state index in [-0.39, 0.29) is 0 Å². The van der Waals surface area contributed by atoms with Crippen molar-refractivity contribution in [3.05, 3.63) is 11.8 Å². The van der Waals surface area contributed by atoms with Crippen LogP contribution >= 0.6 is 0 Å². The molecular formula is C14H22N4. The van der Waals surface area contributed by atoms with Crippen LogP contribution in [0.1, 0.15) is 31.2 Å². The second-order valence-electron chi connectivity index (χ2n) is 5.75. The molecule has 18 heavy (non-hydrogen) atoms. The molecule has 3 rings (SSSR count). The van der Waals surface area contributed by atoms with Crippen LogP contribution in [0.5, 0.6) is 0 Å². The van der Waals surface area contributed by atoms with Crippen molar-refractivity contribution >= 4 is 11.8 Å². The Morgan fingerprint density at radius 2 is 2.00 bits per heavy atom. The Morgan fingerprint density at radius 3 is 2.67 bits per heavy atom. The number of nitrogens with one attached hydrogen (secondary N) is 1. The summed E-state index contributed by atoms with van der Waals surface area (Å²) in [5.41, 5.74) is 1.19. The summed E-state index contributed by atoms with van der Waals surface area (Å²) in [7, 11) is 1.87. The van der Waals surface area contributed by atoms with Crippen LogP contribution in [0.4, 0.5) is 11.8 Å². The number of nitrogens with zero attached hydrogens (tertiary/aromatic N) is 3. The molecule has 0 amide bonds. The van der Waals surface area contributed by atoms with Crippen molar-refractivity contribution in [2.75, 3.05) is 30.4 Å². The van der Waals surface area contributed by atoms with Crippen LogP contribution < -0.4 is 10.2 Å². The molecule has 2 atom stereocenters. The van der Waals surface area contributed by atoms with Gasteiger partial charge in [-0.2, -0.15) is 4.98 Å². The van der Waals surface area contributed by atoms with Gasteiger partial charge in [0.15, 0.2) is 0 Å². The second kappa shape index (κ2) is 4.75. The summed E-state index contributed by atoms with van der Waals surface area (Å²) in [5, 5.41) is 3.04. The molecule has 1 aromatic heterocycles. The number of anilines is 2. The van der Waals surface area contributed by atoms with E-state index in [1.807, 2.05) is 13.2 Å². The molecule has 2 aliphatic rings. The van der Waals surface area contributed by atoms with Gasteiger partial charge in [0.25, 0.3) is 0 Å². The van der Waals surface area contributed by atoms with E-state index in [0.29, 0.717) is 0 Å². The van der Waals surface area contributed by atoms with E-state index in [4.69, 9.17) is 0 Å². The first-order valence-electron chi connectivity index (χ1n) is 7.02. The maximum absolute atomic E-state index is 4.65. The lowest BCUT2D eigenvalue weighted by atomic mass is 9.78. The van der Waals surface area contributed by atoms with Gasteiger partial charge in [-0.05, 0) is 38.0 Å². The molecule has 1 aromatic rings. The minimum Gasteiger partial charge on any atom is -0.357 e. The highest BCUT2D eigenvalue weighted by Gasteiger charge is 2.31. The van der Waals surface area contributed by atoms with Crippen molar-refractivity contribution in [2.24, 2.45) is 11.8 Å². The molecule has 1 N–H and O–H groups in total. The van der Waals surface area contributed by atoms with E-state index < -0.39 is 0 Å². The van der Waals surface area contributed by atoms with Gasteiger partial charge in [-0.1, -0.05) is 6.42 Å². The minimum atomic E-state index is 0.728. The number of aromatic nitrogens is 2. The van der Waals surface area contributed by atoms with Crippen LogP contribution in [0, 0.1) is 18.8 Å². The van der Waals surface area contributed by atoms with Gasteiger partial charge in [-0.25, -0.2) is 4.98 Å². The average molecular weight is 246 g/mol. The molecule has 0 spiro atoms. The molecule has 0 radical (unpaired) electrons. The molecule has 4 nitrogen and oxygen atoms in total. The highest BCUT2D eigenvalue weighted by atomic mass is 15.2. The van der Waals surface area contributed by atoms with Crippen molar-refractivity contribution in [3.8, 4) is 0 Å². The Morgan fingerprint density at radius 1 is 1.28 bits per heavy atom. The highest BCUT2D eigenvalue weighted by Crippen LogP contribution is 2.36. The van der Waals surface area contributed by atoms with Gasteiger partial charge >= 0.3 is 0 Å². The first kappa shape index (κ1) is 11.8. The third-order valence-corrected chi connectivity index (χ3v) is 4.32. The third kappa shape index (κ3) is 2.16. The molecule has 1 aliphatic carbocycles. The molecule has 1 aliphatic heterocycles. The molecular weight excluding hydrogens is 224 g/mol. The van der Waals surface area contributed by atoms with Gasteiger partial charge in [0.1, 0.15) is 5.82 Å². The average Bonchev–Trinajstić information content (AvgIpc) is 2.39. The summed E-state index contributed by atoms with van der Waals surface area (Å²) in [6, 6.07) is 0. The van der Waals surface area contributed by atoms with Gasteiger partial charge in [-0.3, -0.25) is 0 Å². The Balaban J connectivity index is 1.85. The van der Waals surface area contributed by atoms with Crippen molar-refractivity contribution in [1.82, 2.24) is 9.97 Å². The largest absolute Gasteiger partial charge is 0.357 e. The zero-order valence-corrected chi connectivity index (χ0v) is 11.3. The quantitative estimate of drug-likeness (QED) is 0.870. The topological polar surface area (TPSA) is 41.1 Å². The van der Waals surface area contributed by atoms with E-state index in [2.05, 4.69) is 27.1 Å². The van der Waals surface area contributed by atoms with Crippen LogP contribution in [-0.4, -0.2) is 30.1 Å². The summed E-state index contributed by atoms with van der Waals surface area (Å²) < 4.78 is 0. The Kier molecular flexibility index (Phi) is 3.10. The number of fused-ring (bicyclic) bond motifs is 2. The highest BCUT2D eigenvalue weighted by molar-refractivity contribution is 5.49. The zero-order valence-electron chi connectivity index (χ0n) is 11.3. The maximum Gasteiger partial charge on any atom is 0.224 e. The smallest absolute Gasteiger partial charge is 0.224 e. The number of piperidine rings is 1. The van der Waals surface area contributed by atoms with Crippen molar-refractivity contribution < 1.29 is 0 Å². The van der Waals surface area contributed by atoms with Gasteiger partial charge < -0.3 is 10.2 Å². The summed E-state index contributed by atoms with van der Waals surface area (Å²) in [5.74, 6) is 3.62. The van der Waals surface area contributed by atoms with Crippen LogP contribution in [0.15, 0.2) is 6.20 Å². The molecule has 98 valence electrons. The van der Waals surface area contributed by atoms with E-state index in [1.165, 1.54) is 44.3 Å². The Hall–Kier alpha value is -1.32. The van der Waals surface area contributed by atoms with Crippen LogP contribution in [0.2, 0.25) is 0 Å². The number of aryl methyl sites for hydroxylation is 1. The second-order valence-corrected chi connectivity index (χ2v) is 5.75. The van der Waals surface area contributed by atoms with Gasteiger partial charge in [0.2, 0.25) is 5.95 Å².